The molecular formula is C19H22N2O. The molecule has 0 radical (unpaired) electrons. The standard InChI is InChI=1S/C19H22N2O/c1-13-9-10-17(18(11-13)16-7-5-4-6-8-16)19(22)21-15(3)12-14(2)20-21/h4-9,12,17-18H,10-11H2,1-3H3. The maximum atomic E-state index is 13.0. The molecule has 0 saturated heterocycles. The summed E-state index contributed by atoms with van der Waals surface area (Å²) in [5.41, 5.74) is 4.42. The molecule has 0 N–H and O–H groups in total. The first-order chi connectivity index (χ1) is 10.6. The summed E-state index contributed by atoms with van der Waals surface area (Å²) in [5, 5.41) is 4.38. The summed E-state index contributed by atoms with van der Waals surface area (Å²) in [7, 11) is 0. The Morgan fingerprint density at radius 1 is 1.18 bits per heavy atom. The van der Waals surface area contributed by atoms with Gasteiger partial charge in [0.1, 0.15) is 0 Å². The van der Waals surface area contributed by atoms with Crippen LogP contribution < -0.4 is 0 Å². The first-order valence-electron chi connectivity index (χ1n) is 7.84. The SMILES string of the molecule is CC1=CCC(C(=O)n2nc(C)cc2C)C(c2ccccc2)C1. The van der Waals surface area contributed by atoms with E-state index < -0.39 is 0 Å². The molecule has 3 nitrogen and oxygen atoms in total. The van der Waals surface area contributed by atoms with Crippen LogP contribution in [0.5, 0.6) is 0 Å². The van der Waals surface area contributed by atoms with E-state index in [9.17, 15) is 4.79 Å². The molecule has 0 aliphatic heterocycles. The predicted molar refractivity (Wildman–Crippen MR) is 88.0 cm³/mol. The van der Waals surface area contributed by atoms with Gasteiger partial charge in [-0.2, -0.15) is 5.10 Å². The van der Waals surface area contributed by atoms with Crippen LogP contribution in [0.1, 0.15) is 47.4 Å². The molecule has 1 aromatic carbocycles. The zero-order valence-electron chi connectivity index (χ0n) is 13.4. The molecule has 1 aliphatic rings. The third kappa shape index (κ3) is 2.76. The number of hydrogen-bond acceptors (Lipinski definition) is 2. The van der Waals surface area contributed by atoms with Crippen molar-refractivity contribution < 1.29 is 4.79 Å². The van der Waals surface area contributed by atoms with Gasteiger partial charge in [0.2, 0.25) is 0 Å². The summed E-state index contributed by atoms with van der Waals surface area (Å²) in [6, 6.07) is 12.3. The second kappa shape index (κ2) is 5.91. The van der Waals surface area contributed by atoms with E-state index in [2.05, 4.69) is 30.2 Å². The highest BCUT2D eigenvalue weighted by Crippen LogP contribution is 2.38. The number of benzene rings is 1. The Bertz CT molecular complexity index is 712. The summed E-state index contributed by atoms with van der Waals surface area (Å²) in [6.45, 7) is 6.02. The molecule has 2 atom stereocenters. The lowest BCUT2D eigenvalue weighted by atomic mass is 9.75. The molecule has 2 unspecified atom stereocenters. The molecule has 2 aromatic rings. The number of aromatic nitrogens is 2. The first-order valence-corrected chi connectivity index (χ1v) is 7.84. The number of carbonyl (C=O) groups excluding carboxylic acids is 1. The fourth-order valence-corrected chi connectivity index (χ4v) is 3.40. The molecule has 0 saturated carbocycles. The number of carbonyl (C=O) groups is 1. The highest BCUT2D eigenvalue weighted by Gasteiger charge is 2.33. The van der Waals surface area contributed by atoms with Gasteiger partial charge in [-0.1, -0.05) is 42.0 Å². The van der Waals surface area contributed by atoms with Gasteiger partial charge in [-0.25, -0.2) is 4.68 Å². The molecule has 0 fully saturated rings. The van der Waals surface area contributed by atoms with Crippen LogP contribution in [-0.4, -0.2) is 15.7 Å². The quantitative estimate of drug-likeness (QED) is 0.775. The smallest absolute Gasteiger partial charge is 0.251 e. The summed E-state index contributed by atoms with van der Waals surface area (Å²) in [5.74, 6) is 0.315. The number of rotatable bonds is 2. The van der Waals surface area contributed by atoms with Gasteiger partial charge in [0.05, 0.1) is 11.6 Å². The van der Waals surface area contributed by atoms with Gasteiger partial charge < -0.3 is 0 Å². The van der Waals surface area contributed by atoms with Crippen molar-refractivity contribution in [2.24, 2.45) is 5.92 Å². The average molecular weight is 294 g/mol. The van der Waals surface area contributed by atoms with Crippen molar-refractivity contribution in [3.8, 4) is 0 Å². The van der Waals surface area contributed by atoms with Crippen LogP contribution >= 0.6 is 0 Å². The maximum Gasteiger partial charge on any atom is 0.251 e. The third-order valence-corrected chi connectivity index (χ3v) is 4.51. The Labute approximate surface area is 131 Å². The van der Waals surface area contributed by atoms with Crippen LogP contribution in [-0.2, 0) is 0 Å². The highest BCUT2D eigenvalue weighted by atomic mass is 16.2. The molecule has 3 heteroatoms. The van der Waals surface area contributed by atoms with E-state index in [0.29, 0.717) is 0 Å². The van der Waals surface area contributed by atoms with Crippen LogP contribution in [0.2, 0.25) is 0 Å². The number of hydrogen-bond donors (Lipinski definition) is 0. The molecule has 0 bridgehead atoms. The van der Waals surface area contributed by atoms with Crippen molar-refractivity contribution in [3.63, 3.8) is 0 Å². The van der Waals surface area contributed by atoms with Crippen molar-refractivity contribution in [2.45, 2.75) is 39.5 Å². The van der Waals surface area contributed by atoms with Gasteiger partial charge in [0, 0.05) is 5.69 Å². The zero-order valence-corrected chi connectivity index (χ0v) is 13.4. The molecule has 1 heterocycles. The van der Waals surface area contributed by atoms with Gasteiger partial charge in [-0.15, -0.1) is 0 Å². The Hall–Kier alpha value is -2.16. The van der Waals surface area contributed by atoms with Gasteiger partial charge in [0.15, 0.2) is 0 Å². The monoisotopic (exact) mass is 294 g/mol. The lowest BCUT2D eigenvalue weighted by Gasteiger charge is -2.30. The van der Waals surface area contributed by atoms with E-state index in [0.717, 1.165) is 24.2 Å². The average Bonchev–Trinajstić information content (AvgIpc) is 2.86. The molecular weight excluding hydrogens is 272 g/mol. The van der Waals surface area contributed by atoms with E-state index in [1.807, 2.05) is 38.1 Å². The van der Waals surface area contributed by atoms with E-state index >= 15 is 0 Å². The fourth-order valence-electron chi connectivity index (χ4n) is 3.40. The lowest BCUT2D eigenvalue weighted by molar-refractivity contribution is 0.0788. The molecule has 114 valence electrons. The van der Waals surface area contributed by atoms with E-state index in [1.165, 1.54) is 11.1 Å². The van der Waals surface area contributed by atoms with Gasteiger partial charge in [-0.3, -0.25) is 4.79 Å². The largest absolute Gasteiger partial charge is 0.272 e. The van der Waals surface area contributed by atoms with Crippen molar-refractivity contribution in [2.75, 3.05) is 0 Å². The third-order valence-electron chi connectivity index (χ3n) is 4.51. The van der Waals surface area contributed by atoms with Crippen molar-refractivity contribution in [1.82, 2.24) is 9.78 Å². The van der Waals surface area contributed by atoms with Gasteiger partial charge >= 0.3 is 0 Å². The van der Waals surface area contributed by atoms with E-state index in [1.54, 1.807) is 4.68 Å². The van der Waals surface area contributed by atoms with Crippen molar-refractivity contribution in [1.29, 1.82) is 0 Å². The zero-order chi connectivity index (χ0) is 15.7. The van der Waals surface area contributed by atoms with Crippen LogP contribution in [0.3, 0.4) is 0 Å². The minimum atomic E-state index is -0.0379. The molecule has 1 aliphatic carbocycles. The minimum Gasteiger partial charge on any atom is -0.272 e. The van der Waals surface area contributed by atoms with Gasteiger partial charge in [0.25, 0.3) is 5.91 Å². The summed E-state index contributed by atoms with van der Waals surface area (Å²) < 4.78 is 1.59. The lowest BCUT2D eigenvalue weighted by Crippen LogP contribution is -2.30. The Morgan fingerprint density at radius 3 is 2.55 bits per heavy atom. The molecule has 0 amide bonds. The van der Waals surface area contributed by atoms with E-state index in [-0.39, 0.29) is 17.7 Å². The topological polar surface area (TPSA) is 34.9 Å². The normalized spacial score (nSPS) is 21.5. The van der Waals surface area contributed by atoms with E-state index in [4.69, 9.17) is 0 Å². The minimum absolute atomic E-state index is 0.0379. The number of nitrogens with zero attached hydrogens (tertiary/aromatic N) is 2. The van der Waals surface area contributed by atoms with Crippen LogP contribution in [0.15, 0.2) is 48.0 Å². The van der Waals surface area contributed by atoms with Crippen molar-refractivity contribution in [3.05, 3.63) is 65.0 Å². The Kier molecular flexibility index (Phi) is 3.97. The summed E-state index contributed by atoms with van der Waals surface area (Å²) >= 11 is 0. The Balaban J connectivity index is 1.96. The van der Waals surface area contributed by atoms with Crippen LogP contribution in [0.25, 0.3) is 0 Å². The number of allylic oxidation sites excluding steroid dienone is 2. The van der Waals surface area contributed by atoms with Crippen molar-refractivity contribution >= 4 is 5.91 Å². The maximum absolute atomic E-state index is 13.0. The summed E-state index contributed by atoms with van der Waals surface area (Å²) in [4.78, 5) is 13.0. The molecule has 22 heavy (non-hydrogen) atoms. The molecule has 1 aromatic heterocycles. The fraction of sp³-hybridized carbons (Fsp3) is 0.368. The predicted octanol–water partition coefficient (Wildman–Crippen LogP) is 4.28. The van der Waals surface area contributed by atoms with Crippen LogP contribution in [0, 0.1) is 19.8 Å². The summed E-state index contributed by atoms with van der Waals surface area (Å²) in [6.07, 6.45) is 3.94. The number of aryl methyl sites for hydroxylation is 2. The first kappa shape index (κ1) is 14.8. The second-order valence-electron chi connectivity index (χ2n) is 6.29. The molecule has 3 rings (SSSR count). The van der Waals surface area contributed by atoms with Gasteiger partial charge in [-0.05, 0) is 51.2 Å². The Morgan fingerprint density at radius 2 is 1.91 bits per heavy atom. The highest BCUT2D eigenvalue weighted by molar-refractivity contribution is 5.82. The van der Waals surface area contributed by atoms with Crippen LogP contribution in [0.4, 0.5) is 0 Å². The molecule has 0 spiro atoms. The second-order valence-corrected chi connectivity index (χ2v) is 6.29.